The van der Waals surface area contributed by atoms with Crippen LogP contribution in [0.15, 0.2) is 48.0 Å². The lowest BCUT2D eigenvalue weighted by molar-refractivity contribution is -0.0528. The summed E-state index contributed by atoms with van der Waals surface area (Å²) in [5.74, 6) is 1.39. The Morgan fingerprint density at radius 3 is 2.56 bits per heavy atom. The fourth-order valence-corrected chi connectivity index (χ4v) is 2.86. The van der Waals surface area contributed by atoms with Crippen LogP contribution in [0.4, 0.5) is 14.5 Å². The van der Waals surface area contributed by atoms with Gasteiger partial charge in [-0.2, -0.15) is 8.78 Å². The van der Waals surface area contributed by atoms with Crippen LogP contribution >= 0.6 is 11.3 Å². The van der Waals surface area contributed by atoms with Crippen LogP contribution < -0.4 is 19.5 Å². The first-order valence-electron chi connectivity index (χ1n) is 7.97. The van der Waals surface area contributed by atoms with Crippen molar-refractivity contribution in [1.82, 2.24) is 9.97 Å². The number of anilines is 1. The summed E-state index contributed by atoms with van der Waals surface area (Å²) in [6, 6.07) is 10.3. The number of aromatic nitrogens is 2. The van der Waals surface area contributed by atoms with Crippen molar-refractivity contribution in [2.75, 3.05) is 12.4 Å². The summed E-state index contributed by atoms with van der Waals surface area (Å²) >= 11 is 1.50. The number of rotatable bonds is 9. The van der Waals surface area contributed by atoms with Gasteiger partial charge in [0.15, 0.2) is 0 Å². The molecule has 27 heavy (non-hydrogen) atoms. The summed E-state index contributed by atoms with van der Waals surface area (Å²) in [5.41, 5.74) is 1.53. The fourth-order valence-electron chi connectivity index (χ4n) is 2.15. The molecule has 2 aromatic heterocycles. The number of alkyl halides is 2. The first-order valence-corrected chi connectivity index (χ1v) is 8.85. The SMILES string of the molecule is COc1ccc(OCc2nc(CNc3ccc(OC(F)F)nc3)cs2)cc1. The molecule has 1 aromatic carbocycles. The zero-order valence-corrected chi connectivity index (χ0v) is 15.2. The molecule has 0 saturated heterocycles. The number of hydrogen-bond acceptors (Lipinski definition) is 7. The van der Waals surface area contributed by atoms with E-state index in [-0.39, 0.29) is 5.88 Å². The summed E-state index contributed by atoms with van der Waals surface area (Å²) in [4.78, 5) is 8.29. The Morgan fingerprint density at radius 1 is 1.11 bits per heavy atom. The minimum atomic E-state index is -2.88. The molecule has 1 N–H and O–H groups in total. The van der Waals surface area contributed by atoms with Crippen LogP contribution in [-0.4, -0.2) is 23.7 Å². The first-order chi connectivity index (χ1) is 13.1. The minimum Gasteiger partial charge on any atom is -0.497 e. The normalized spacial score (nSPS) is 10.7. The predicted octanol–water partition coefficient (Wildman–Crippen LogP) is 4.34. The summed E-state index contributed by atoms with van der Waals surface area (Å²) < 4.78 is 39.2. The highest BCUT2D eigenvalue weighted by atomic mass is 32.1. The quantitative estimate of drug-likeness (QED) is 0.583. The molecule has 0 saturated carbocycles. The van der Waals surface area contributed by atoms with E-state index in [2.05, 4.69) is 20.0 Å². The van der Waals surface area contributed by atoms with Gasteiger partial charge < -0.3 is 19.5 Å². The number of methoxy groups -OCH3 is 1. The smallest absolute Gasteiger partial charge is 0.388 e. The molecule has 0 aliphatic carbocycles. The van der Waals surface area contributed by atoms with Crippen LogP contribution in [-0.2, 0) is 13.2 Å². The van der Waals surface area contributed by atoms with Crippen molar-refractivity contribution in [2.24, 2.45) is 0 Å². The van der Waals surface area contributed by atoms with Gasteiger partial charge in [0, 0.05) is 11.4 Å². The largest absolute Gasteiger partial charge is 0.497 e. The summed E-state index contributed by atoms with van der Waals surface area (Å²) in [6.45, 7) is -2.03. The molecular weight excluding hydrogens is 376 g/mol. The molecule has 0 radical (unpaired) electrons. The van der Waals surface area contributed by atoms with Gasteiger partial charge >= 0.3 is 6.61 Å². The van der Waals surface area contributed by atoms with Crippen LogP contribution in [0.5, 0.6) is 17.4 Å². The topological polar surface area (TPSA) is 65.5 Å². The zero-order chi connectivity index (χ0) is 19.1. The molecule has 3 aromatic rings. The number of nitrogens with zero attached hydrogens (tertiary/aromatic N) is 2. The Kier molecular flexibility index (Phi) is 6.37. The Morgan fingerprint density at radius 2 is 1.89 bits per heavy atom. The molecule has 3 rings (SSSR count). The lowest BCUT2D eigenvalue weighted by Gasteiger charge is -2.06. The molecule has 142 valence electrons. The third-order valence-corrected chi connectivity index (χ3v) is 4.31. The molecule has 0 aliphatic heterocycles. The van der Waals surface area contributed by atoms with E-state index in [1.54, 1.807) is 13.2 Å². The standard InChI is InChI=1S/C18H17F2N3O3S/c1-24-14-3-5-15(6-4-14)25-10-17-23-13(11-27-17)9-21-12-2-7-16(22-8-12)26-18(19)20/h2-8,11,18,21H,9-10H2,1H3. The van der Waals surface area contributed by atoms with Gasteiger partial charge in [-0.05, 0) is 30.3 Å². The van der Waals surface area contributed by atoms with Gasteiger partial charge in [-0.3, -0.25) is 0 Å². The molecule has 6 nitrogen and oxygen atoms in total. The van der Waals surface area contributed by atoms with Gasteiger partial charge in [0.05, 0.1) is 31.2 Å². The van der Waals surface area contributed by atoms with Crippen LogP contribution in [0.2, 0.25) is 0 Å². The van der Waals surface area contributed by atoms with E-state index in [1.165, 1.54) is 23.6 Å². The number of halogens is 2. The van der Waals surface area contributed by atoms with E-state index in [0.717, 1.165) is 22.2 Å². The molecule has 0 bridgehead atoms. The second-order valence-electron chi connectivity index (χ2n) is 5.31. The van der Waals surface area contributed by atoms with Crippen molar-refractivity contribution in [3.63, 3.8) is 0 Å². The number of benzene rings is 1. The zero-order valence-electron chi connectivity index (χ0n) is 14.4. The molecule has 2 heterocycles. The second kappa shape index (κ2) is 9.13. The maximum absolute atomic E-state index is 12.1. The number of ether oxygens (including phenoxy) is 3. The van der Waals surface area contributed by atoms with Crippen LogP contribution in [0, 0.1) is 0 Å². The molecule has 9 heteroatoms. The third-order valence-electron chi connectivity index (χ3n) is 3.44. The number of hydrogen-bond donors (Lipinski definition) is 1. The van der Waals surface area contributed by atoms with Crippen LogP contribution in [0.3, 0.4) is 0 Å². The maximum atomic E-state index is 12.1. The highest BCUT2D eigenvalue weighted by Gasteiger charge is 2.06. The minimum absolute atomic E-state index is 0.123. The van der Waals surface area contributed by atoms with Gasteiger partial charge in [0.2, 0.25) is 5.88 Å². The Hall–Kier alpha value is -2.94. The average molecular weight is 393 g/mol. The maximum Gasteiger partial charge on any atom is 0.388 e. The monoisotopic (exact) mass is 393 g/mol. The van der Waals surface area contributed by atoms with Gasteiger partial charge in [-0.15, -0.1) is 11.3 Å². The average Bonchev–Trinajstić information content (AvgIpc) is 3.14. The van der Waals surface area contributed by atoms with Crippen molar-refractivity contribution in [3.05, 3.63) is 58.7 Å². The third kappa shape index (κ3) is 5.78. The lowest BCUT2D eigenvalue weighted by atomic mass is 10.3. The van der Waals surface area contributed by atoms with Crippen molar-refractivity contribution >= 4 is 17.0 Å². The van der Waals surface area contributed by atoms with E-state index < -0.39 is 6.61 Å². The van der Waals surface area contributed by atoms with Crippen LogP contribution in [0.1, 0.15) is 10.7 Å². The lowest BCUT2D eigenvalue weighted by Crippen LogP contribution is -2.04. The van der Waals surface area contributed by atoms with Gasteiger partial charge in [-0.25, -0.2) is 9.97 Å². The molecule has 0 unspecified atom stereocenters. The molecule has 0 atom stereocenters. The van der Waals surface area contributed by atoms with Crippen molar-refractivity contribution in [1.29, 1.82) is 0 Å². The van der Waals surface area contributed by atoms with E-state index in [4.69, 9.17) is 9.47 Å². The predicted molar refractivity (Wildman–Crippen MR) is 97.6 cm³/mol. The Labute approximate surface area is 158 Å². The van der Waals surface area contributed by atoms with Gasteiger partial charge in [0.1, 0.15) is 23.1 Å². The summed E-state index contributed by atoms with van der Waals surface area (Å²) in [7, 11) is 1.61. The van der Waals surface area contributed by atoms with E-state index in [9.17, 15) is 8.78 Å². The molecule has 0 fully saturated rings. The number of nitrogens with one attached hydrogen (secondary N) is 1. The molecule has 0 amide bonds. The Bertz CT molecular complexity index is 842. The molecular formula is C18H17F2N3O3S. The van der Waals surface area contributed by atoms with E-state index in [1.807, 2.05) is 29.6 Å². The number of pyridine rings is 1. The molecule has 0 spiro atoms. The highest BCUT2D eigenvalue weighted by Crippen LogP contribution is 2.20. The summed E-state index contributed by atoms with van der Waals surface area (Å²) in [5, 5.41) is 5.91. The van der Waals surface area contributed by atoms with E-state index >= 15 is 0 Å². The van der Waals surface area contributed by atoms with Gasteiger partial charge in [-0.1, -0.05) is 0 Å². The van der Waals surface area contributed by atoms with Crippen molar-refractivity contribution < 1.29 is 23.0 Å². The fraction of sp³-hybridized carbons (Fsp3) is 0.222. The number of thiazole rings is 1. The van der Waals surface area contributed by atoms with Crippen LogP contribution in [0.25, 0.3) is 0 Å². The van der Waals surface area contributed by atoms with E-state index in [0.29, 0.717) is 18.8 Å². The second-order valence-corrected chi connectivity index (χ2v) is 6.26. The Balaban J connectivity index is 1.47. The van der Waals surface area contributed by atoms with Gasteiger partial charge in [0.25, 0.3) is 0 Å². The highest BCUT2D eigenvalue weighted by molar-refractivity contribution is 7.09. The van der Waals surface area contributed by atoms with Crippen molar-refractivity contribution in [3.8, 4) is 17.4 Å². The molecule has 0 aliphatic rings. The summed E-state index contributed by atoms with van der Waals surface area (Å²) in [6.07, 6.45) is 1.43. The van der Waals surface area contributed by atoms with Crippen molar-refractivity contribution in [2.45, 2.75) is 19.8 Å². The first kappa shape index (κ1) is 18.8.